The van der Waals surface area contributed by atoms with E-state index >= 15 is 0 Å². The third-order valence-electron chi connectivity index (χ3n) is 3.04. The zero-order valence-corrected chi connectivity index (χ0v) is 10.5. The van der Waals surface area contributed by atoms with E-state index in [9.17, 15) is 18.4 Å². The minimum Gasteiger partial charge on any atom is -0.480 e. The summed E-state index contributed by atoms with van der Waals surface area (Å²) in [6, 6.07) is 0.401. The molecule has 19 heavy (non-hydrogen) atoms. The standard InChI is InChI=1S/C12H10ClF2NO3/c13-7-5-8(14)6(4-9(7)15)11(17)16-3-1-2-10(16)12(18)19/h4-5,10H,1-3H2,(H,18,19)/t10-/m1/s1. The molecule has 1 atom stereocenters. The Balaban J connectivity index is 2.34. The Morgan fingerprint density at radius 2 is 2.00 bits per heavy atom. The van der Waals surface area contributed by atoms with E-state index in [1.54, 1.807) is 0 Å². The molecule has 1 amide bonds. The van der Waals surface area contributed by atoms with Gasteiger partial charge in [0.15, 0.2) is 0 Å². The van der Waals surface area contributed by atoms with Gasteiger partial charge in [0.1, 0.15) is 17.7 Å². The van der Waals surface area contributed by atoms with Crippen LogP contribution in [0.4, 0.5) is 8.78 Å². The molecule has 4 nitrogen and oxygen atoms in total. The summed E-state index contributed by atoms with van der Waals surface area (Å²) >= 11 is 5.40. The van der Waals surface area contributed by atoms with Crippen LogP contribution in [0, 0.1) is 11.6 Å². The highest BCUT2D eigenvalue weighted by atomic mass is 35.5. The second-order valence-electron chi connectivity index (χ2n) is 4.24. The van der Waals surface area contributed by atoms with Crippen molar-refractivity contribution in [2.75, 3.05) is 6.54 Å². The van der Waals surface area contributed by atoms with Crippen LogP contribution in [0.5, 0.6) is 0 Å². The van der Waals surface area contributed by atoms with Gasteiger partial charge in [0, 0.05) is 6.54 Å². The van der Waals surface area contributed by atoms with E-state index in [-0.39, 0.29) is 6.54 Å². The van der Waals surface area contributed by atoms with Gasteiger partial charge in [-0.05, 0) is 25.0 Å². The first kappa shape index (κ1) is 13.7. The van der Waals surface area contributed by atoms with Crippen LogP contribution >= 0.6 is 11.6 Å². The van der Waals surface area contributed by atoms with Crippen LogP contribution in [0.25, 0.3) is 0 Å². The third-order valence-corrected chi connectivity index (χ3v) is 3.33. The second-order valence-corrected chi connectivity index (χ2v) is 4.65. The predicted octanol–water partition coefficient (Wildman–Crippen LogP) is 2.31. The fraction of sp³-hybridized carbons (Fsp3) is 0.333. The third kappa shape index (κ3) is 2.53. The molecule has 1 heterocycles. The van der Waals surface area contributed by atoms with Gasteiger partial charge in [-0.3, -0.25) is 4.79 Å². The lowest BCUT2D eigenvalue weighted by atomic mass is 10.1. The van der Waals surface area contributed by atoms with Gasteiger partial charge >= 0.3 is 5.97 Å². The molecule has 1 saturated heterocycles. The number of likely N-dealkylation sites (tertiary alicyclic amines) is 1. The SMILES string of the molecule is O=C(O)[C@H]1CCCN1C(=O)c1cc(F)c(Cl)cc1F. The summed E-state index contributed by atoms with van der Waals surface area (Å²) in [6.45, 7) is 0.208. The monoisotopic (exact) mass is 289 g/mol. The zero-order chi connectivity index (χ0) is 14.2. The predicted molar refractivity (Wildman–Crippen MR) is 63.1 cm³/mol. The van der Waals surface area contributed by atoms with Gasteiger partial charge in [-0.25, -0.2) is 13.6 Å². The first-order valence-electron chi connectivity index (χ1n) is 5.60. The lowest BCUT2D eigenvalue weighted by Crippen LogP contribution is -2.40. The van der Waals surface area contributed by atoms with Gasteiger partial charge in [0.05, 0.1) is 10.6 Å². The van der Waals surface area contributed by atoms with Gasteiger partial charge in [-0.15, -0.1) is 0 Å². The quantitative estimate of drug-likeness (QED) is 0.850. The van der Waals surface area contributed by atoms with E-state index in [2.05, 4.69) is 0 Å². The molecule has 102 valence electrons. The van der Waals surface area contributed by atoms with Crippen molar-refractivity contribution in [3.63, 3.8) is 0 Å². The number of carboxylic acids is 1. The molecule has 2 rings (SSSR count). The molecule has 1 aromatic carbocycles. The molecule has 0 unspecified atom stereocenters. The second kappa shape index (κ2) is 5.13. The summed E-state index contributed by atoms with van der Waals surface area (Å²) in [6.07, 6.45) is 0.819. The molecular formula is C12H10ClF2NO3. The summed E-state index contributed by atoms with van der Waals surface area (Å²) in [4.78, 5) is 24.1. The summed E-state index contributed by atoms with van der Waals surface area (Å²) in [5.74, 6) is -3.87. The van der Waals surface area contributed by atoms with Crippen molar-refractivity contribution in [1.82, 2.24) is 4.90 Å². The number of hydrogen-bond acceptors (Lipinski definition) is 2. The molecule has 1 N–H and O–H groups in total. The molecule has 0 aliphatic carbocycles. The molecule has 1 fully saturated rings. The number of hydrogen-bond donors (Lipinski definition) is 1. The van der Waals surface area contributed by atoms with Crippen molar-refractivity contribution in [1.29, 1.82) is 0 Å². The average molecular weight is 290 g/mol. The molecule has 0 radical (unpaired) electrons. The first-order chi connectivity index (χ1) is 8.91. The van der Waals surface area contributed by atoms with Gasteiger partial charge in [-0.2, -0.15) is 0 Å². The number of nitrogens with zero attached hydrogens (tertiary/aromatic N) is 1. The topological polar surface area (TPSA) is 57.6 Å². The highest BCUT2D eigenvalue weighted by Gasteiger charge is 2.35. The van der Waals surface area contributed by atoms with E-state index < -0.39 is 40.1 Å². The molecule has 1 aliphatic heterocycles. The van der Waals surface area contributed by atoms with Crippen LogP contribution in [0.2, 0.25) is 5.02 Å². The fourth-order valence-corrected chi connectivity index (χ4v) is 2.26. The van der Waals surface area contributed by atoms with E-state index in [4.69, 9.17) is 16.7 Å². The number of carboxylic acid groups (broad SMARTS) is 1. The number of carbonyl (C=O) groups excluding carboxylic acids is 1. The Kier molecular flexibility index (Phi) is 3.71. The molecular weight excluding hydrogens is 280 g/mol. The number of halogens is 3. The van der Waals surface area contributed by atoms with Crippen molar-refractivity contribution >= 4 is 23.5 Å². The van der Waals surface area contributed by atoms with Crippen molar-refractivity contribution in [3.05, 3.63) is 34.4 Å². The molecule has 0 spiro atoms. The van der Waals surface area contributed by atoms with Crippen LogP contribution in [0.15, 0.2) is 12.1 Å². The Hall–Kier alpha value is -1.69. The van der Waals surface area contributed by atoms with E-state index in [0.29, 0.717) is 25.0 Å². The van der Waals surface area contributed by atoms with E-state index in [1.807, 2.05) is 0 Å². The molecule has 1 aromatic rings. The largest absolute Gasteiger partial charge is 0.480 e. The van der Waals surface area contributed by atoms with Gasteiger partial charge < -0.3 is 10.0 Å². The maximum atomic E-state index is 13.6. The first-order valence-corrected chi connectivity index (χ1v) is 5.98. The average Bonchev–Trinajstić information content (AvgIpc) is 2.82. The lowest BCUT2D eigenvalue weighted by Gasteiger charge is -2.21. The highest BCUT2D eigenvalue weighted by Crippen LogP contribution is 2.24. The van der Waals surface area contributed by atoms with Crippen molar-refractivity contribution < 1.29 is 23.5 Å². The van der Waals surface area contributed by atoms with Crippen molar-refractivity contribution in [2.24, 2.45) is 0 Å². The van der Waals surface area contributed by atoms with E-state index in [1.165, 1.54) is 0 Å². The number of carbonyl (C=O) groups is 2. The number of rotatable bonds is 2. The molecule has 0 bridgehead atoms. The van der Waals surface area contributed by atoms with Gasteiger partial charge in [-0.1, -0.05) is 11.6 Å². The number of benzene rings is 1. The molecule has 1 aliphatic rings. The van der Waals surface area contributed by atoms with Gasteiger partial charge in [0.25, 0.3) is 5.91 Å². The minimum atomic E-state index is -1.15. The summed E-state index contributed by atoms with van der Waals surface area (Å²) in [5.41, 5.74) is -0.505. The Labute approximate surface area is 112 Å². The number of amides is 1. The maximum absolute atomic E-state index is 13.6. The van der Waals surface area contributed by atoms with Gasteiger partial charge in [0.2, 0.25) is 0 Å². The van der Waals surface area contributed by atoms with E-state index in [0.717, 1.165) is 4.90 Å². The number of aliphatic carboxylic acids is 1. The molecule has 0 saturated carbocycles. The maximum Gasteiger partial charge on any atom is 0.326 e. The summed E-state index contributed by atoms with van der Waals surface area (Å²) < 4.78 is 26.9. The highest BCUT2D eigenvalue weighted by molar-refractivity contribution is 6.30. The Bertz CT molecular complexity index is 550. The van der Waals surface area contributed by atoms with Crippen molar-refractivity contribution in [2.45, 2.75) is 18.9 Å². The van der Waals surface area contributed by atoms with Crippen LogP contribution in [0.1, 0.15) is 23.2 Å². The smallest absolute Gasteiger partial charge is 0.326 e. The van der Waals surface area contributed by atoms with Crippen LogP contribution in [0.3, 0.4) is 0 Å². The minimum absolute atomic E-state index is 0.208. The van der Waals surface area contributed by atoms with Crippen LogP contribution < -0.4 is 0 Å². The van der Waals surface area contributed by atoms with Crippen molar-refractivity contribution in [3.8, 4) is 0 Å². The summed E-state index contributed by atoms with van der Waals surface area (Å²) in [7, 11) is 0. The van der Waals surface area contributed by atoms with Crippen LogP contribution in [-0.4, -0.2) is 34.5 Å². The molecule has 0 aromatic heterocycles. The lowest BCUT2D eigenvalue weighted by molar-refractivity contribution is -0.141. The fourth-order valence-electron chi connectivity index (χ4n) is 2.11. The molecule has 7 heteroatoms. The van der Waals surface area contributed by atoms with Crippen LogP contribution in [-0.2, 0) is 4.79 Å². The zero-order valence-electron chi connectivity index (χ0n) is 9.70. The Morgan fingerprint density at radius 1 is 1.32 bits per heavy atom. The normalized spacial score (nSPS) is 18.7. The Morgan fingerprint density at radius 3 is 2.63 bits per heavy atom. The summed E-state index contributed by atoms with van der Waals surface area (Å²) in [5, 5.41) is 8.54.